The van der Waals surface area contributed by atoms with Crippen molar-refractivity contribution in [2.24, 2.45) is 0 Å². The summed E-state index contributed by atoms with van der Waals surface area (Å²) in [7, 11) is 1.69. The molecule has 1 amide bonds. The van der Waals surface area contributed by atoms with Gasteiger partial charge in [0.25, 0.3) is 0 Å². The van der Waals surface area contributed by atoms with Crippen molar-refractivity contribution in [3.63, 3.8) is 0 Å². The maximum absolute atomic E-state index is 13.2. The van der Waals surface area contributed by atoms with Gasteiger partial charge in [0.05, 0.1) is 5.25 Å². The summed E-state index contributed by atoms with van der Waals surface area (Å²) < 4.78 is 13.2. The second-order valence-corrected chi connectivity index (χ2v) is 6.61. The summed E-state index contributed by atoms with van der Waals surface area (Å²) in [5, 5.41) is 0.109. The molecule has 2 N–H and O–H groups in total. The summed E-state index contributed by atoms with van der Waals surface area (Å²) in [5.41, 5.74) is 7.19. The lowest BCUT2D eigenvalue weighted by Crippen LogP contribution is -2.32. The number of anilines is 1. The molecule has 23 heavy (non-hydrogen) atoms. The van der Waals surface area contributed by atoms with E-state index in [-0.39, 0.29) is 17.0 Å². The van der Waals surface area contributed by atoms with Crippen molar-refractivity contribution in [2.75, 3.05) is 12.8 Å². The fraction of sp³-hybridized carbons (Fsp3) is 0.312. The quantitative estimate of drug-likeness (QED) is 0.672. The zero-order valence-corrected chi connectivity index (χ0v) is 14.1. The zero-order chi connectivity index (χ0) is 17.0. The minimum absolute atomic E-state index is 0.0806. The number of halogens is 1. The van der Waals surface area contributed by atoms with Crippen molar-refractivity contribution in [2.45, 2.75) is 30.8 Å². The Morgan fingerprint density at radius 3 is 2.78 bits per heavy atom. The summed E-state index contributed by atoms with van der Waals surface area (Å²) in [6.45, 7) is 3.96. The molecule has 0 aliphatic rings. The molecule has 0 saturated carbocycles. The highest BCUT2D eigenvalue weighted by Crippen LogP contribution is 2.22. The van der Waals surface area contributed by atoms with E-state index in [1.54, 1.807) is 37.1 Å². The molecule has 5 nitrogen and oxygen atoms in total. The molecule has 0 bridgehead atoms. The Balaban J connectivity index is 2.00. The van der Waals surface area contributed by atoms with E-state index in [1.165, 1.54) is 23.9 Å². The topological polar surface area (TPSA) is 72.1 Å². The van der Waals surface area contributed by atoms with Gasteiger partial charge in [0.15, 0.2) is 5.16 Å². The predicted molar refractivity (Wildman–Crippen MR) is 89.4 cm³/mol. The fourth-order valence-electron chi connectivity index (χ4n) is 2.12. The standard InChI is InChI=1S/C16H19FN4OS/c1-10-7-14(18)20-16(19-10)23-11(2)15(22)21(3)9-12-5-4-6-13(17)8-12/h4-8,11H,9H2,1-3H3,(H2,18,19,20)/t11-/m0/s1. The molecular weight excluding hydrogens is 315 g/mol. The third-order valence-electron chi connectivity index (χ3n) is 3.17. The summed E-state index contributed by atoms with van der Waals surface area (Å²) in [5.74, 6) is -0.00916. The molecule has 0 aliphatic carbocycles. The third kappa shape index (κ3) is 4.92. The van der Waals surface area contributed by atoms with Gasteiger partial charge >= 0.3 is 0 Å². The second kappa shape index (κ2) is 7.41. The molecule has 0 saturated heterocycles. The number of rotatable bonds is 5. The Kier molecular flexibility index (Phi) is 5.54. The van der Waals surface area contributed by atoms with Crippen LogP contribution in [0.5, 0.6) is 0 Å². The Hall–Kier alpha value is -2.15. The number of hydrogen-bond donors (Lipinski definition) is 1. The van der Waals surface area contributed by atoms with Crippen molar-refractivity contribution in [3.8, 4) is 0 Å². The van der Waals surface area contributed by atoms with Gasteiger partial charge in [-0.25, -0.2) is 14.4 Å². The van der Waals surface area contributed by atoms with E-state index < -0.39 is 0 Å². The molecule has 0 spiro atoms. The van der Waals surface area contributed by atoms with E-state index >= 15 is 0 Å². The van der Waals surface area contributed by atoms with Crippen LogP contribution >= 0.6 is 11.8 Å². The van der Waals surface area contributed by atoms with Crippen LogP contribution in [0.3, 0.4) is 0 Å². The number of carbonyl (C=O) groups is 1. The molecule has 1 aromatic carbocycles. The average Bonchev–Trinajstić information content (AvgIpc) is 2.45. The Bertz CT molecular complexity index is 690. The van der Waals surface area contributed by atoms with Crippen LogP contribution in [0.25, 0.3) is 0 Å². The monoisotopic (exact) mass is 334 g/mol. The number of aromatic nitrogens is 2. The van der Waals surface area contributed by atoms with Crippen molar-refractivity contribution >= 4 is 23.5 Å². The summed E-state index contributed by atoms with van der Waals surface area (Å²) >= 11 is 1.25. The summed E-state index contributed by atoms with van der Waals surface area (Å²) in [6, 6.07) is 7.89. The normalized spacial score (nSPS) is 12.0. The van der Waals surface area contributed by atoms with Crippen LogP contribution < -0.4 is 5.73 Å². The number of amides is 1. The molecule has 2 aromatic rings. The van der Waals surface area contributed by atoms with E-state index in [0.29, 0.717) is 17.5 Å². The maximum Gasteiger partial charge on any atom is 0.235 e. The number of aryl methyl sites for hydroxylation is 1. The van der Waals surface area contributed by atoms with Crippen LogP contribution in [0.4, 0.5) is 10.2 Å². The molecule has 1 aromatic heterocycles. The van der Waals surface area contributed by atoms with E-state index in [0.717, 1.165) is 11.3 Å². The van der Waals surface area contributed by atoms with Crippen molar-refractivity contribution in [1.82, 2.24) is 14.9 Å². The molecule has 122 valence electrons. The lowest BCUT2D eigenvalue weighted by molar-refractivity contribution is -0.129. The van der Waals surface area contributed by atoms with Crippen molar-refractivity contribution in [1.29, 1.82) is 0 Å². The number of benzene rings is 1. The van der Waals surface area contributed by atoms with Gasteiger partial charge in [-0.2, -0.15) is 0 Å². The van der Waals surface area contributed by atoms with Gasteiger partial charge in [0.2, 0.25) is 5.91 Å². The summed E-state index contributed by atoms with van der Waals surface area (Å²) in [4.78, 5) is 22.4. The number of hydrogen-bond acceptors (Lipinski definition) is 5. The SMILES string of the molecule is Cc1cc(N)nc(S[C@@H](C)C(=O)N(C)Cc2cccc(F)c2)n1. The lowest BCUT2D eigenvalue weighted by Gasteiger charge is -2.21. The number of nitrogen functional groups attached to an aromatic ring is 1. The maximum atomic E-state index is 13.2. The molecule has 1 heterocycles. The lowest BCUT2D eigenvalue weighted by atomic mass is 10.2. The average molecular weight is 334 g/mol. The smallest absolute Gasteiger partial charge is 0.235 e. The van der Waals surface area contributed by atoms with E-state index in [4.69, 9.17) is 5.73 Å². The molecule has 0 radical (unpaired) electrons. The van der Waals surface area contributed by atoms with Gasteiger partial charge in [-0.15, -0.1) is 0 Å². The number of thioether (sulfide) groups is 1. The van der Waals surface area contributed by atoms with Crippen LogP contribution in [0.1, 0.15) is 18.2 Å². The van der Waals surface area contributed by atoms with Crippen molar-refractivity contribution < 1.29 is 9.18 Å². The Morgan fingerprint density at radius 1 is 1.39 bits per heavy atom. The largest absolute Gasteiger partial charge is 0.384 e. The Labute approximate surface area is 139 Å². The predicted octanol–water partition coefficient (Wildman–Crippen LogP) is 2.65. The number of carbonyl (C=O) groups excluding carboxylic acids is 1. The molecule has 0 unspecified atom stereocenters. The first-order valence-corrected chi connectivity index (χ1v) is 8.00. The first-order valence-electron chi connectivity index (χ1n) is 7.12. The van der Waals surface area contributed by atoms with Gasteiger partial charge in [-0.05, 0) is 31.5 Å². The fourth-order valence-corrected chi connectivity index (χ4v) is 3.08. The highest BCUT2D eigenvalue weighted by Gasteiger charge is 2.20. The number of nitrogens with two attached hydrogens (primary N) is 1. The first-order chi connectivity index (χ1) is 10.8. The first kappa shape index (κ1) is 17.2. The highest BCUT2D eigenvalue weighted by molar-refractivity contribution is 8.00. The van der Waals surface area contributed by atoms with Gasteiger partial charge in [0, 0.05) is 25.4 Å². The Morgan fingerprint density at radius 2 is 2.13 bits per heavy atom. The molecular formula is C16H19FN4OS. The van der Waals surface area contributed by atoms with Gasteiger partial charge < -0.3 is 10.6 Å². The van der Waals surface area contributed by atoms with E-state index in [2.05, 4.69) is 9.97 Å². The highest BCUT2D eigenvalue weighted by atomic mass is 32.2. The molecule has 0 aliphatic heterocycles. The molecule has 7 heteroatoms. The minimum Gasteiger partial charge on any atom is -0.384 e. The van der Waals surface area contributed by atoms with E-state index in [1.807, 2.05) is 6.92 Å². The molecule has 1 atom stereocenters. The third-order valence-corrected chi connectivity index (χ3v) is 4.12. The minimum atomic E-state index is -0.366. The summed E-state index contributed by atoms with van der Waals surface area (Å²) in [6.07, 6.45) is 0. The van der Waals surface area contributed by atoms with Crippen molar-refractivity contribution in [3.05, 3.63) is 47.4 Å². The van der Waals surface area contributed by atoms with Crippen LogP contribution in [-0.4, -0.2) is 33.1 Å². The van der Waals surface area contributed by atoms with Crippen LogP contribution in [0, 0.1) is 12.7 Å². The molecule has 0 fully saturated rings. The van der Waals surface area contributed by atoms with Crippen LogP contribution in [-0.2, 0) is 11.3 Å². The van der Waals surface area contributed by atoms with E-state index in [9.17, 15) is 9.18 Å². The molecule has 2 rings (SSSR count). The number of nitrogens with zero attached hydrogens (tertiary/aromatic N) is 3. The van der Waals surface area contributed by atoms with Crippen LogP contribution in [0.2, 0.25) is 0 Å². The second-order valence-electron chi connectivity index (χ2n) is 5.30. The van der Waals surface area contributed by atoms with Gasteiger partial charge in [-0.1, -0.05) is 23.9 Å². The zero-order valence-electron chi connectivity index (χ0n) is 13.3. The van der Waals surface area contributed by atoms with Crippen LogP contribution in [0.15, 0.2) is 35.5 Å². The van der Waals surface area contributed by atoms with Gasteiger partial charge in [0.1, 0.15) is 11.6 Å². The van der Waals surface area contributed by atoms with Gasteiger partial charge in [-0.3, -0.25) is 4.79 Å².